The van der Waals surface area contributed by atoms with Gasteiger partial charge in [0.1, 0.15) is 5.69 Å². The van der Waals surface area contributed by atoms with Crippen molar-refractivity contribution in [1.82, 2.24) is 10.2 Å². The Morgan fingerprint density at radius 1 is 1.07 bits per heavy atom. The average Bonchev–Trinajstić information content (AvgIpc) is 2.30. The summed E-state index contributed by atoms with van der Waals surface area (Å²) < 4.78 is 0. The van der Waals surface area contributed by atoms with Gasteiger partial charge in [0.05, 0.1) is 6.20 Å². The summed E-state index contributed by atoms with van der Waals surface area (Å²) in [6.07, 6.45) is 2.34. The first-order valence-corrected chi connectivity index (χ1v) is 4.23. The summed E-state index contributed by atoms with van der Waals surface area (Å²) >= 11 is 0. The van der Waals surface area contributed by atoms with Crippen molar-refractivity contribution in [3.05, 3.63) is 48.3 Å². The van der Waals surface area contributed by atoms with Crippen molar-refractivity contribution < 1.29 is 4.79 Å². The highest BCUT2D eigenvalue weighted by molar-refractivity contribution is 5.75. The fraction of sp³-hybridized carbons (Fsp3) is 0. The molecule has 0 atom stereocenters. The van der Waals surface area contributed by atoms with Gasteiger partial charge in [0.15, 0.2) is 6.29 Å². The van der Waals surface area contributed by atoms with Gasteiger partial charge in [-0.25, -0.2) is 0 Å². The lowest BCUT2D eigenvalue weighted by atomic mass is 10.1. The molecule has 1 heterocycles. The van der Waals surface area contributed by atoms with Gasteiger partial charge in [-0.1, -0.05) is 30.3 Å². The van der Waals surface area contributed by atoms with Crippen molar-refractivity contribution in [2.24, 2.45) is 0 Å². The number of nitrogens with zero attached hydrogens (tertiary/aromatic N) is 2. The van der Waals surface area contributed by atoms with Crippen LogP contribution in [0.5, 0.6) is 0 Å². The minimum absolute atomic E-state index is 0.353. The highest BCUT2D eigenvalue weighted by atomic mass is 16.1. The molecule has 1 aromatic heterocycles. The molecule has 14 heavy (non-hydrogen) atoms. The summed E-state index contributed by atoms with van der Waals surface area (Å²) in [4.78, 5) is 10.5. The molecule has 0 bridgehead atoms. The zero-order valence-electron chi connectivity index (χ0n) is 7.42. The summed E-state index contributed by atoms with van der Waals surface area (Å²) in [6.45, 7) is 0. The normalized spacial score (nSPS) is 9.71. The number of carbonyl (C=O) groups is 1. The van der Waals surface area contributed by atoms with E-state index < -0.39 is 0 Å². The van der Waals surface area contributed by atoms with Gasteiger partial charge in [0, 0.05) is 5.56 Å². The molecule has 0 aliphatic carbocycles. The molecule has 3 heteroatoms. The van der Waals surface area contributed by atoms with E-state index in [0.717, 1.165) is 11.1 Å². The third kappa shape index (κ3) is 1.66. The number of carbonyl (C=O) groups excluding carboxylic acids is 1. The van der Waals surface area contributed by atoms with Crippen LogP contribution in [-0.2, 0) is 0 Å². The number of benzene rings is 1. The van der Waals surface area contributed by atoms with Gasteiger partial charge in [0.25, 0.3) is 0 Å². The molecule has 0 N–H and O–H groups in total. The summed E-state index contributed by atoms with van der Waals surface area (Å²) in [6, 6.07) is 11.5. The van der Waals surface area contributed by atoms with Crippen LogP contribution in [0, 0.1) is 0 Å². The number of rotatable bonds is 2. The van der Waals surface area contributed by atoms with E-state index in [4.69, 9.17) is 0 Å². The number of hydrogen-bond donors (Lipinski definition) is 0. The van der Waals surface area contributed by atoms with E-state index in [2.05, 4.69) is 10.2 Å². The first-order chi connectivity index (χ1) is 6.90. The number of aldehydes is 1. The van der Waals surface area contributed by atoms with Gasteiger partial charge >= 0.3 is 0 Å². The standard InChI is InChI=1S/C11H8N2O/c14-8-11-6-10(7-12-13-11)9-4-2-1-3-5-9/h1-8H. The molecule has 2 aromatic rings. The fourth-order valence-corrected chi connectivity index (χ4v) is 1.23. The van der Waals surface area contributed by atoms with Gasteiger partial charge in [-0.2, -0.15) is 5.10 Å². The maximum absolute atomic E-state index is 10.5. The highest BCUT2D eigenvalue weighted by Crippen LogP contribution is 2.16. The Kier molecular flexibility index (Phi) is 2.32. The van der Waals surface area contributed by atoms with E-state index in [1.807, 2.05) is 30.3 Å². The van der Waals surface area contributed by atoms with Crippen LogP contribution >= 0.6 is 0 Å². The molecule has 68 valence electrons. The van der Waals surface area contributed by atoms with Crippen molar-refractivity contribution in [3.63, 3.8) is 0 Å². The molecular weight excluding hydrogens is 176 g/mol. The Labute approximate surface area is 81.4 Å². The molecule has 3 nitrogen and oxygen atoms in total. The Hall–Kier alpha value is -2.03. The van der Waals surface area contributed by atoms with E-state index >= 15 is 0 Å². The quantitative estimate of drug-likeness (QED) is 0.670. The van der Waals surface area contributed by atoms with Gasteiger partial charge in [0.2, 0.25) is 0 Å². The zero-order valence-corrected chi connectivity index (χ0v) is 7.42. The minimum atomic E-state index is 0.353. The molecule has 1 aromatic carbocycles. The number of hydrogen-bond acceptors (Lipinski definition) is 3. The molecule has 0 spiro atoms. The van der Waals surface area contributed by atoms with E-state index in [1.165, 1.54) is 0 Å². The van der Waals surface area contributed by atoms with Crippen molar-refractivity contribution >= 4 is 6.29 Å². The highest BCUT2D eigenvalue weighted by Gasteiger charge is 1.99. The third-order valence-electron chi connectivity index (χ3n) is 1.90. The average molecular weight is 184 g/mol. The zero-order chi connectivity index (χ0) is 9.80. The van der Waals surface area contributed by atoms with E-state index in [1.54, 1.807) is 12.3 Å². The van der Waals surface area contributed by atoms with Gasteiger partial charge in [-0.15, -0.1) is 5.10 Å². The SMILES string of the molecule is O=Cc1cc(-c2ccccc2)cnn1. The lowest BCUT2D eigenvalue weighted by Crippen LogP contribution is -1.90. The lowest BCUT2D eigenvalue weighted by Gasteiger charge is -1.99. The smallest absolute Gasteiger partial charge is 0.170 e. The Balaban J connectivity index is 2.47. The van der Waals surface area contributed by atoms with Crippen LogP contribution in [0.15, 0.2) is 42.6 Å². The molecule has 0 radical (unpaired) electrons. The van der Waals surface area contributed by atoms with E-state index in [9.17, 15) is 4.79 Å². The van der Waals surface area contributed by atoms with Crippen molar-refractivity contribution in [2.45, 2.75) is 0 Å². The van der Waals surface area contributed by atoms with E-state index in [0.29, 0.717) is 12.0 Å². The topological polar surface area (TPSA) is 42.9 Å². The molecule has 0 aliphatic rings. The van der Waals surface area contributed by atoms with Crippen molar-refractivity contribution in [2.75, 3.05) is 0 Å². The molecule has 0 unspecified atom stereocenters. The number of aromatic nitrogens is 2. The molecule has 0 fully saturated rings. The maximum atomic E-state index is 10.5. The van der Waals surface area contributed by atoms with Crippen LogP contribution in [0.4, 0.5) is 0 Å². The van der Waals surface area contributed by atoms with Gasteiger partial charge < -0.3 is 0 Å². The molecular formula is C11H8N2O. The second-order valence-corrected chi connectivity index (χ2v) is 2.85. The molecule has 0 saturated heterocycles. The van der Waals surface area contributed by atoms with Crippen LogP contribution in [0.25, 0.3) is 11.1 Å². The van der Waals surface area contributed by atoms with E-state index in [-0.39, 0.29) is 0 Å². The van der Waals surface area contributed by atoms with Crippen LogP contribution in [0.1, 0.15) is 10.5 Å². The molecule has 0 amide bonds. The molecule has 2 rings (SSSR count). The first-order valence-electron chi connectivity index (χ1n) is 4.23. The summed E-state index contributed by atoms with van der Waals surface area (Å²) in [7, 11) is 0. The maximum Gasteiger partial charge on any atom is 0.170 e. The summed E-state index contributed by atoms with van der Waals surface area (Å²) in [5.41, 5.74) is 2.29. The minimum Gasteiger partial charge on any atom is -0.296 e. The third-order valence-corrected chi connectivity index (χ3v) is 1.90. The Bertz CT molecular complexity index is 440. The van der Waals surface area contributed by atoms with Crippen LogP contribution in [0.2, 0.25) is 0 Å². The predicted octanol–water partition coefficient (Wildman–Crippen LogP) is 1.96. The van der Waals surface area contributed by atoms with Crippen LogP contribution in [0.3, 0.4) is 0 Å². The monoisotopic (exact) mass is 184 g/mol. The van der Waals surface area contributed by atoms with Gasteiger partial charge in [-0.05, 0) is 11.6 Å². The summed E-state index contributed by atoms with van der Waals surface area (Å²) in [5.74, 6) is 0. The van der Waals surface area contributed by atoms with Crippen molar-refractivity contribution in [3.8, 4) is 11.1 Å². The Morgan fingerprint density at radius 2 is 1.86 bits per heavy atom. The molecule has 0 saturated carbocycles. The van der Waals surface area contributed by atoms with Crippen LogP contribution in [-0.4, -0.2) is 16.5 Å². The largest absolute Gasteiger partial charge is 0.296 e. The fourth-order valence-electron chi connectivity index (χ4n) is 1.23. The van der Waals surface area contributed by atoms with Crippen LogP contribution < -0.4 is 0 Å². The Morgan fingerprint density at radius 3 is 2.57 bits per heavy atom. The second-order valence-electron chi connectivity index (χ2n) is 2.85. The van der Waals surface area contributed by atoms with Crippen molar-refractivity contribution in [1.29, 1.82) is 0 Å². The van der Waals surface area contributed by atoms with Gasteiger partial charge in [-0.3, -0.25) is 4.79 Å². The first kappa shape index (κ1) is 8.56. The summed E-state index contributed by atoms with van der Waals surface area (Å²) in [5, 5.41) is 7.42. The molecule has 0 aliphatic heterocycles. The predicted molar refractivity (Wildman–Crippen MR) is 52.9 cm³/mol. The second kappa shape index (κ2) is 3.79. The lowest BCUT2D eigenvalue weighted by molar-refractivity contribution is 0.111.